The van der Waals surface area contributed by atoms with Crippen molar-refractivity contribution in [2.24, 2.45) is 0 Å². The third kappa shape index (κ3) is 3.67. The maximum atomic E-state index is 11.2. The zero-order chi connectivity index (χ0) is 13.5. The number of nitrogens with one attached hydrogen (secondary N) is 2. The number of ether oxygens (including phenoxy) is 1. The van der Waals surface area contributed by atoms with E-state index in [0.29, 0.717) is 0 Å². The molecule has 8 nitrogen and oxygen atoms in total. The smallest absolute Gasteiger partial charge is 0.328 e. The van der Waals surface area contributed by atoms with Crippen LogP contribution in [-0.2, 0) is 9.53 Å². The molecule has 0 fully saturated rings. The second-order valence-electron chi connectivity index (χ2n) is 3.37. The second kappa shape index (κ2) is 6.50. The second-order valence-corrected chi connectivity index (χ2v) is 3.37. The van der Waals surface area contributed by atoms with Gasteiger partial charge in [0, 0.05) is 14.2 Å². The van der Waals surface area contributed by atoms with Gasteiger partial charge < -0.3 is 20.5 Å². The van der Waals surface area contributed by atoms with Crippen LogP contribution in [0.1, 0.15) is 10.5 Å². The van der Waals surface area contributed by atoms with Crippen LogP contribution in [0.5, 0.6) is 0 Å². The molecular weight excluding hydrogens is 240 g/mol. The van der Waals surface area contributed by atoms with Crippen LogP contribution in [0.4, 0.5) is 5.82 Å². The van der Waals surface area contributed by atoms with Gasteiger partial charge >= 0.3 is 5.97 Å². The van der Waals surface area contributed by atoms with E-state index in [1.165, 1.54) is 26.3 Å². The molecule has 0 aromatic carbocycles. The lowest BCUT2D eigenvalue weighted by Crippen LogP contribution is -2.34. The number of nitrogens with zero attached hydrogens (tertiary/aromatic N) is 2. The molecule has 98 valence electrons. The van der Waals surface area contributed by atoms with E-state index in [0.717, 1.165) is 0 Å². The first-order chi connectivity index (χ1) is 8.58. The molecule has 0 aliphatic rings. The molecule has 0 aliphatic heterocycles. The summed E-state index contributed by atoms with van der Waals surface area (Å²) in [4.78, 5) is 22.1. The molecule has 0 spiro atoms. The quantitative estimate of drug-likeness (QED) is 0.618. The molecular formula is C10H14N4O4. The van der Waals surface area contributed by atoms with Gasteiger partial charge in [-0.3, -0.25) is 4.79 Å². The Morgan fingerprint density at radius 3 is 2.61 bits per heavy atom. The van der Waals surface area contributed by atoms with Crippen LogP contribution in [0.3, 0.4) is 0 Å². The van der Waals surface area contributed by atoms with Gasteiger partial charge in [-0.1, -0.05) is 0 Å². The molecule has 0 aliphatic carbocycles. The minimum Gasteiger partial charge on any atom is -0.480 e. The number of aliphatic carboxylic acids is 1. The number of methoxy groups -OCH3 is 1. The Balaban J connectivity index is 2.73. The van der Waals surface area contributed by atoms with E-state index in [2.05, 4.69) is 20.8 Å². The number of anilines is 1. The molecule has 1 rings (SSSR count). The highest BCUT2D eigenvalue weighted by molar-refractivity contribution is 5.91. The molecule has 1 amide bonds. The Labute approximate surface area is 103 Å². The van der Waals surface area contributed by atoms with Crippen LogP contribution in [0.15, 0.2) is 12.1 Å². The third-order valence-corrected chi connectivity index (χ3v) is 2.08. The molecule has 3 N–H and O–H groups in total. The number of hydrogen-bond donors (Lipinski definition) is 3. The summed E-state index contributed by atoms with van der Waals surface area (Å²) < 4.78 is 4.76. The summed E-state index contributed by atoms with van der Waals surface area (Å²) in [7, 11) is 2.88. The zero-order valence-electron chi connectivity index (χ0n) is 10.0. The Morgan fingerprint density at radius 2 is 2.17 bits per heavy atom. The molecule has 8 heteroatoms. The highest BCUT2D eigenvalue weighted by atomic mass is 16.5. The van der Waals surface area contributed by atoms with Gasteiger partial charge in [0.05, 0.1) is 6.61 Å². The van der Waals surface area contributed by atoms with Gasteiger partial charge in [-0.2, -0.15) is 0 Å². The van der Waals surface area contributed by atoms with Crippen LogP contribution in [0, 0.1) is 0 Å². The summed E-state index contributed by atoms with van der Waals surface area (Å²) in [5.74, 6) is -1.16. The zero-order valence-corrected chi connectivity index (χ0v) is 10.0. The summed E-state index contributed by atoms with van der Waals surface area (Å²) in [6.45, 7) is -0.00574. The van der Waals surface area contributed by atoms with E-state index in [-0.39, 0.29) is 24.0 Å². The molecule has 1 heterocycles. The van der Waals surface area contributed by atoms with E-state index >= 15 is 0 Å². The van der Waals surface area contributed by atoms with Crippen LogP contribution in [-0.4, -0.2) is 54.0 Å². The van der Waals surface area contributed by atoms with Gasteiger partial charge in [-0.25, -0.2) is 4.79 Å². The van der Waals surface area contributed by atoms with Crippen molar-refractivity contribution >= 4 is 17.7 Å². The minimum absolute atomic E-state index is 0.00574. The number of carbonyl (C=O) groups excluding carboxylic acids is 1. The van der Waals surface area contributed by atoms with E-state index < -0.39 is 12.0 Å². The van der Waals surface area contributed by atoms with Gasteiger partial charge in [-0.05, 0) is 12.1 Å². The Kier molecular flexibility index (Phi) is 5.00. The number of hydrogen-bond acceptors (Lipinski definition) is 6. The third-order valence-electron chi connectivity index (χ3n) is 2.08. The maximum Gasteiger partial charge on any atom is 0.328 e. The number of carbonyl (C=O) groups is 2. The lowest BCUT2D eigenvalue weighted by atomic mass is 10.3. The van der Waals surface area contributed by atoms with Crippen LogP contribution in [0.2, 0.25) is 0 Å². The van der Waals surface area contributed by atoms with E-state index in [1.54, 1.807) is 0 Å². The fraction of sp³-hybridized carbons (Fsp3) is 0.400. The molecule has 1 aromatic rings. The van der Waals surface area contributed by atoms with Gasteiger partial charge in [-0.15, -0.1) is 10.2 Å². The topological polar surface area (TPSA) is 113 Å². The van der Waals surface area contributed by atoms with E-state index in [9.17, 15) is 9.59 Å². The van der Waals surface area contributed by atoms with Crippen molar-refractivity contribution in [2.45, 2.75) is 6.04 Å². The van der Waals surface area contributed by atoms with Crippen LogP contribution in [0.25, 0.3) is 0 Å². The maximum absolute atomic E-state index is 11.2. The lowest BCUT2D eigenvalue weighted by molar-refractivity contribution is -0.139. The average Bonchev–Trinajstić information content (AvgIpc) is 2.38. The van der Waals surface area contributed by atoms with Crippen LogP contribution >= 0.6 is 0 Å². The van der Waals surface area contributed by atoms with E-state index in [4.69, 9.17) is 9.84 Å². The SMILES string of the molecule is CNC(=O)c1ccc(NC(COC)C(=O)O)nn1. The molecule has 1 atom stereocenters. The predicted molar refractivity (Wildman–Crippen MR) is 62.3 cm³/mol. The molecule has 18 heavy (non-hydrogen) atoms. The predicted octanol–water partition coefficient (Wildman–Crippen LogP) is -0.652. The summed E-state index contributed by atoms with van der Waals surface area (Å²) in [5, 5.41) is 21.3. The Morgan fingerprint density at radius 1 is 1.44 bits per heavy atom. The summed E-state index contributed by atoms with van der Waals surface area (Å²) in [6.07, 6.45) is 0. The van der Waals surface area contributed by atoms with Crippen molar-refractivity contribution in [1.29, 1.82) is 0 Å². The van der Waals surface area contributed by atoms with Crippen LogP contribution < -0.4 is 10.6 Å². The van der Waals surface area contributed by atoms with Gasteiger partial charge in [0.2, 0.25) is 0 Å². The first-order valence-corrected chi connectivity index (χ1v) is 5.12. The minimum atomic E-state index is -1.06. The Bertz CT molecular complexity index is 420. The standard InChI is InChI=1S/C10H14N4O4/c1-11-9(15)6-3-4-8(14-13-6)12-7(5-18-2)10(16)17/h3-4,7H,5H2,1-2H3,(H,11,15)(H,12,14)(H,16,17). The highest BCUT2D eigenvalue weighted by Gasteiger charge is 2.17. The lowest BCUT2D eigenvalue weighted by Gasteiger charge is -2.13. The summed E-state index contributed by atoms with van der Waals surface area (Å²) >= 11 is 0. The van der Waals surface area contributed by atoms with Crippen molar-refractivity contribution in [2.75, 3.05) is 26.1 Å². The fourth-order valence-electron chi connectivity index (χ4n) is 1.18. The van der Waals surface area contributed by atoms with Crippen molar-refractivity contribution in [3.8, 4) is 0 Å². The number of aromatic nitrogens is 2. The number of carboxylic acids is 1. The molecule has 0 bridgehead atoms. The number of carboxylic acid groups (broad SMARTS) is 1. The monoisotopic (exact) mass is 254 g/mol. The molecule has 1 unspecified atom stereocenters. The molecule has 1 aromatic heterocycles. The van der Waals surface area contributed by atoms with Crippen molar-refractivity contribution in [1.82, 2.24) is 15.5 Å². The largest absolute Gasteiger partial charge is 0.480 e. The Hall–Kier alpha value is -2.22. The molecule has 0 saturated carbocycles. The first-order valence-electron chi connectivity index (χ1n) is 5.12. The van der Waals surface area contributed by atoms with Crippen molar-refractivity contribution in [3.05, 3.63) is 17.8 Å². The van der Waals surface area contributed by atoms with Crippen molar-refractivity contribution < 1.29 is 19.4 Å². The van der Waals surface area contributed by atoms with E-state index in [1.807, 2.05) is 0 Å². The fourth-order valence-corrected chi connectivity index (χ4v) is 1.18. The summed E-state index contributed by atoms with van der Waals surface area (Å²) in [6, 6.07) is 2.00. The molecule has 0 radical (unpaired) electrons. The average molecular weight is 254 g/mol. The first kappa shape index (κ1) is 13.8. The number of rotatable bonds is 6. The number of amides is 1. The summed E-state index contributed by atoms with van der Waals surface area (Å²) in [5.41, 5.74) is 0.154. The van der Waals surface area contributed by atoms with Gasteiger partial charge in [0.25, 0.3) is 5.91 Å². The normalized spacial score (nSPS) is 11.7. The molecule has 0 saturated heterocycles. The van der Waals surface area contributed by atoms with Crippen molar-refractivity contribution in [3.63, 3.8) is 0 Å². The van der Waals surface area contributed by atoms with Gasteiger partial charge in [0.15, 0.2) is 5.69 Å². The highest BCUT2D eigenvalue weighted by Crippen LogP contribution is 2.04. The van der Waals surface area contributed by atoms with Gasteiger partial charge in [0.1, 0.15) is 11.9 Å².